The van der Waals surface area contributed by atoms with E-state index in [4.69, 9.17) is 16.3 Å². The van der Waals surface area contributed by atoms with Crippen LogP contribution in [-0.2, 0) is 4.74 Å². The lowest BCUT2D eigenvalue weighted by Gasteiger charge is -2.40. The molecule has 0 bridgehead atoms. The molecule has 7 heteroatoms. The Hall–Kier alpha value is -2.06. The van der Waals surface area contributed by atoms with Crippen LogP contribution in [0.15, 0.2) is 60.7 Å². The first-order chi connectivity index (χ1) is 14.4. The van der Waals surface area contributed by atoms with Crippen LogP contribution >= 0.6 is 11.6 Å². The summed E-state index contributed by atoms with van der Waals surface area (Å²) in [6, 6.07) is 17.5. The Morgan fingerprint density at radius 3 is 2.20 bits per heavy atom. The molecule has 6 atom stereocenters. The van der Waals surface area contributed by atoms with Crippen LogP contribution in [0.2, 0.25) is 5.02 Å². The Morgan fingerprint density at radius 1 is 0.900 bits per heavy atom. The van der Waals surface area contributed by atoms with E-state index in [1.165, 1.54) is 12.1 Å². The average molecular weight is 433 g/mol. The third-order valence-electron chi connectivity index (χ3n) is 5.56. The van der Waals surface area contributed by atoms with Crippen molar-refractivity contribution in [2.45, 2.75) is 36.7 Å². The number of benzene rings is 1. The van der Waals surface area contributed by atoms with Crippen LogP contribution < -0.4 is 0 Å². The Balaban J connectivity index is 1.68. The molecule has 0 radical (unpaired) electrons. The largest absolute Gasteiger partial charge is 0.394 e. The molecule has 3 aliphatic rings. The second-order valence-corrected chi connectivity index (χ2v) is 7.91. The van der Waals surface area contributed by atoms with Crippen molar-refractivity contribution in [3.63, 3.8) is 0 Å². The number of ether oxygens (including phenoxy) is 1. The normalized spacial score (nSPS) is 27.9. The van der Waals surface area contributed by atoms with Crippen molar-refractivity contribution in [3.8, 4) is 11.1 Å². The maximum atomic E-state index is 15.5. The van der Waals surface area contributed by atoms with Gasteiger partial charge in [-0.1, -0.05) is 48.0 Å². The Kier molecular flexibility index (Phi) is 6.06. The van der Waals surface area contributed by atoms with Crippen molar-refractivity contribution < 1.29 is 29.6 Å². The van der Waals surface area contributed by atoms with Gasteiger partial charge in [-0.3, -0.25) is 0 Å². The monoisotopic (exact) mass is 432 g/mol. The number of hydrogen-bond acceptors (Lipinski definition) is 5. The highest BCUT2D eigenvalue weighted by Gasteiger charge is 2.44. The highest BCUT2D eigenvalue weighted by atomic mass is 35.5. The molecular formula is C23H22ClFO5. The van der Waals surface area contributed by atoms with Gasteiger partial charge in [0.25, 0.3) is 0 Å². The van der Waals surface area contributed by atoms with Crippen molar-refractivity contribution in [2.75, 3.05) is 6.61 Å². The van der Waals surface area contributed by atoms with Crippen molar-refractivity contribution in [3.05, 3.63) is 82.4 Å². The summed E-state index contributed by atoms with van der Waals surface area (Å²) in [6.45, 7) is -0.537. The summed E-state index contributed by atoms with van der Waals surface area (Å²) in [4.78, 5) is 0. The maximum Gasteiger partial charge on any atom is 0.152 e. The van der Waals surface area contributed by atoms with Gasteiger partial charge in [-0.15, -0.1) is 0 Å². The molecule has 30 heavy (non-hydrogen) atoms. The number of aliphatic hydroxyl groups excluding tert-OH is 4. The maximum absolute atomic E-state index is 15.5. The molecule has 158 valence electrons. The number of alkyl halides is 1. The van der Waals surface area contributed by atoms with Crippen LogP contribution in [0.4, 0.5) is 4.39 Å². The van der Waals surface area contributed by atoms with Gasteiger partial charge in [-0.2, -0.15) is 0 Å². The quantitative estimate of drug-likeness (QED) is 0.509. The van der Waals surface area contributed by atoms with Crippen molar-refractivity contribution >= 4 is 11.6 Å². The Labute approximate surface area is 178 Å². The molecule has 4 rings (SSSR count). The minimum Gasteiger partial charge on any atom is -0.394 e. The van der Waals surface area contributed by atoms with Crippen LogP contribution in [0, 0.1) is 0 Å². The second kappa shape index (κ2) is 8.59. The van der Waals surface area contributed by atoms with E-state index in [9.17, 15) is 20.4 Å². The predicted octanol–water partition coefficient (Wildman–Crippen LogP) is 3.02. The molecule has 1 heterocycles. The predicted molar refractivity (Wildman–Crippen MR) is 110 cm³/mol. The molecule has 1 aromatic rings. The summed E-state index contributed by atoms with van der Waals surface area (Å²) in [5, 5.41) is 40.0. The van der Waals surface area contributed by atoms with Crippen LogP contribution in [0.5, 0.6) is 0 Å². The van der Waals surface area contributed by atoms with Crippen molar-refractivity contribution in [2.24, 2.45) is 0 Å². The van der Waals surface area contributed by atoms with Gasteiger partial charge < -0.3 is 25.2 Å². The lowest BCUT2D eigenvalue weighted by molar-refractivity contribution is -0.231. The zero-order valence-electron chi connectivity index (χ0n) is 15.9. The summed E-state index contributed by atoms with van der Waals surface area (Å²) in [5.74, 6) is 0. The van der Waals surface area contributed by atoms with Gasteiger partial charge in [-0.05, 0) is 46.5 Å². The highest BCUT2D eigenvalue weighted by Crippen LogP contribution is 2.39. The number of hydrogen-bond donors (Lipinski definition) is 4. The van der Waals surface area contributed by atoms with E-state index in [1.54, 1.807) is 18.2 Å². The summed E-state index contributed by atoms with van der Waals surface area (Å²) < 4.78 is 21.0. The Morgan fingerprint density at radius 2 is 1.57 bits per heavy atom. The van der Waals surface area contributed by atoms with Gasteiger partial charge in [0.05, 0.1) is 6.61 Å². The van der Waals surface area contributed by atoms with Gasteiger partial charge in [-0.25, -0.2) is 4.39 Å². The Bertz CT molecular complexity index is 966. The molecule has 2 aliphatic carbocycles. The van der Waals surface area contributed by atoms with E-state index in [0.717, 1.165) is 11.1 Å². The standard InChI is InChI=1S/C23H22ClFO5/c24-17-7-6-14(23-22(29)21(28)20(27)18(11-26)30-23)10-16(17)19(25)15-8-12-4-2-1-3-5-13(12)9-15/h1-10,18-23,26-29H,11H2. The highest BCUT2D eigenvalue weighted by molar-refractivity contribution is 6.31. The smallest absolute Gasteiger partial charge is 0.152 e. The average Bonchev–Trinajstić information content (AvgIpc) is 3.03. The molecule has 1 aliphatic heterocycles. The van der Waals surface area contributed by atoms with E-state index in [-0.39, 0.29) is 10.6 Å². The summed E-state index contributed by atoms with van der Waals surface area (Å²) in [6.07, 6.45) is -8.03. The van der Waals surface area contributed by atoms with Crippen molar-refractivity contribution in [1.82, 2.24) is 0 Å². The topological polar surface area (TPSA) is 90.2 Å². The molecule has 6 unspecified atom stereocenters. The van der Waals surface area contributed by atoms with Gasteiger partial charge in [0.1, 0.15) is 30.5 Å². The molecular weight excluding hydrogens is 411 g/mol. The van der Waals surface area contributed by atoms with E-state index >= 15 is 4.39 Å². The number of halogens is 2. The van der Waals surface area contributed by atoms with Gasteiger partial charge in [0.15, 0.2) is 6.17 Å². The number of fused-ring (bicyclic) bond motifs is 1. The first-order valence-electron chi connectivity index (χ1n) is 9.63. The van der Waals surface area contributed by atoms with Gasteiger partial charge >= 0.3 is 0 Å². The minimum absolute atomic E-state index is 0.200. The van der Waals surface area contributed by atoms with Crippen LogP contribution in [0.3, 0.4) is 0 Å². The van der Waals surface area contributed by atoms with E-state index in [2.05, 4.69) is 0 Å². The molecule has 0 amide bonds. The molecule has 1 fully saturated rings. The summed E-state index contributed by atoms with van der Waals surface area (Å²) in [5.41, 5.74) is 2.84. The molecule has 0 saturated carbocycles. The zero-order chi connectivity index (χ0) is 21.4. The van der Waals surface area contributed by atoms with Crippen LogP contribution in [0.1, 0.15) is 29.0 Å². The zero-order valence-corrected chi connectivity index (χ0v) is 16.7. The van der Waals surface area contributed by atoms with E-state index < -0.39 is 43.3 Å². The molecule has 0 spiro atoms. The van der Waals surface area contributed by atoms with E-state index in [1.807, 2.05) is 30.3 Å². The second-order valence-electron chi connectivity index (χ2n) is 7.50. The van der Waals surface area contributed by atoms with Crippen LogP contribution in [0.25, 0.3) is 11.1 Å². The summed E-state index contributed by atoms with van der Waals surface area (Å²) in [7, 11) is 0. The lowest BCUT2D eigenvalue weighted by Crippen LogP contribution is -2.55. The molecule has 1 saturated heterocycles. The molecule has 5 nitrogen and oxygen atoms in total. The summed E-state index contributed by atoms with van der Waals surface area (Å²) >= 11 is 6.27. The van der Waals surface area contributed by atoms with Crippen molar-refractivity contribution in [1.29, 1.82) is 0 Å². The lowest BCUT2D eigenvalue weighted by atomic mass is 9.90. The number of rotatable bonds is 4. The molecule has 4 N–H and O–H groups in total. The fourth-order valence-corrected chi connectivity index (χ4v) is 4.09. The number of aliphatic hydroxyl groups is 4. The minimum atomic E-state index is -1.51. The third-order valence-corrected chi connectivity index (χ3v) is 5.90. The molecule has 0 aromatic heterocycles. The van der Waals surface area contributed by atoms with Crippen LogP contribution in [-0.4, -0.2) is 51.4 Å². The SMILES string of the molecule is OCC1OC(c2ccc(Cl)c(C(F)c3cc4cccccc-4c3)c2)C(O)C(O)C1O. The fraction of sp³-hybridized carbons (Fsp3) is 0.304. The van der Waals surface area contributed by atoms with Gasteiger partial charge in [0.2, 0.25) is 0 Å². The third kappa shape index (κ3) is 3.83. The van der Waals surface area contributed by atoms with E-state index in [0.29, 0.717) is 11.1 Å². The molecule has 1 aromatic carbocycles. The van der Waals surface area contributed by atoms with Gasteiger partial charge in [0, 0.05) is 10.6 Å². The first-order valence-corrected chi connectivity index (χ1v) is 10.0. The fourth-order valence-electron chi connectivity index (χ4n) is 3.88. The first kappa shape index (κ1) is 21.2.